The van der Waals surface area contributed by atoms with Gasteiger partial charge in [0.05, 0.1) is 33.2 Å². The summed E-state index contributed by atoms with van der Waals surface area (Å²) in [6.07, 6.45) is 4.92. The van der Waals surface area contributed by atoms with Crippen LogP contribution in [0.1, 0.15) is 41.7 Å². The van der Waals surface area contributed by atoms with E-state index in [1.807, 2.05) is 24.3 Å². The molecule has 0 aliphatic carbocycles. The summed E-state index contributed by atoms with van der Waals surface area (Å²) in [5.74, 6) is 0.959. The second-order valence-electron chi connectivity index (χ2n) is 6.88. The van der Waals surface area contributed by atoms with Gasteiger partial charge in [-0.15, -0.1) is 11.3 Å². The molecular weight excluding hydrogens is 420 g/mol. The molecule has 4 nitrogen and oxygen atoms in total. The maximum absolute atomic E-state index is 9.49. The van der Waals surface area contributed by atoms with Gasteiger partial charge in [0, 0.05) is 18.5 Å². The molecule has 0 amide bonds. The molecule has 0 radical (unpaired) electrons. The van der Waals surface area contributed by atoms with E-state index in [-0.39, 0.29) is 0 Å². The van der Waals surface area contributed by atoms with Crippen LogP contribution in [-0.4, -0.2) is 28.8 Å². The Morgan fingerprint density at radius 1 is 1.19 bits per heavy atom. The van der Waals surface area contributed by atoms with Gasteiger partial charge in [-0.2, -0.15) is 5.26 Å². The predicted molar refractivity (Wildman–Crippen MR) is 115 cm³/mol. The smallest absolute Gasteiger partial charge is 0.206 e. The van der Waals surface area contributed by atoms with E-state index in [0.29, 0.717) is 12.1 Å². The van der Waals surface area contributed by atoms with Gasteiger partial charge in [0.15, 0.2) is 0 Å². The van der Waals surface area contributed by atoms with Gasteiger partial charge >= 0.3 is 0 Å². The van der Waals surface area contributed by atoms with Gasteiger partial charge in [0.25, 0.3) is 0 Å². The van der Waals surface area contributed by atoms with Gasteiger partial charge in [-0.05, 0) is 40.4 Å². The number of halogens is 1. The van der Waals surface area contributed by atoms with Crippen LogP contribution >= 0.6 is 27.3 Å². The Kier molecular flexibility index (Phi) is 5.33. The first-order valence-electron chi connectivity index (χ1n) is 9.24. The van der Waals surface area contributed by atoms with E-state index in [1.165, 1.54) is 25.7 Å². The lowest BCUT2D eigenvalue weighted by Gasteiger charge is -2.37. The molecule has 27 heavy (non-hydrogen) atoms. The number of thiophene rings is 1. The van der Waals surface area contributed by atoms with Gasteiger partial charge in [-0.1, -0.05) is 37.6 Å². The lowest BCUT2D eigenvalue weighted by Crippen LogP contribution is -2.44. The van der Waals surface area contributed by atoms with Crippen LogP contribution < -0.4 is 0 Å². The van der Waals surface area contributed by atoms with E-state index in [9.17, 15) is 5.26 Å². The molecule has 138 valence electrons. The number of benzene rings is 1. The number of hydrogen-bond donors (Lipinski definition) is 0. The number of aliphatic imine (C=N–C) groups is 1. The summed E-state index contributed by atoms with van der Waals surface area (Å²) in [5, 5.41) is 11.6. The Bertz CT molecular complexity index is 932. The monoisotopic (exact) mass is 440 g/mol. The van der Waals surface area contributed by atoms with Gasteiger partial charge in [-0.25, -0.2) is 4.99 Å². The molecule has 2 aromatic rings. The summed E-state index contributed by atoms with van der Waals surface area (Å²) in [6.45, 7) is 7.03. The van der Waals surface area contributed by atoms with Crippen LogP contribution in [0.4, 0.5) is 5.69 Å². The van der Waals surface area contributed by atoms with Crippen molar-refractivity contribution in [1.82, 2.24) is 9.80 Å². The van der Waals surface area contributed by atoms with Crippen molar-refractivity contribution in [3.05, 3.63) is 56.7 Å². The molecule has 1 fully saturated rings. The van der Waals surface area contributed by atoms with Crippen molar-refractivity contribution in [1.29, 1.82) is 5.26 Å². The summed E-state index contributed by atoms with van der Waals surface area (Å²) >= 11 is 5.30. The highest BCUT2D eigenvalue weighted by Gasteiger charge is 2.30. The number of fused-ring (bicyclic) bond motifs is 1. The summed E-state index contributed by atoms with van der Waals surface area (Å²) in [5.41, 5.74) is 3.65. The third kappa shape index (κ3) is 3.54. The van der Waals surface area contributed by atoms with E-state index in [2.05, 4.69) is 43.8 Å². The standard InChI is InChI=1S/C21H21BrN4S/c1-15-20-19(18(22)14-27-20)24-21(25-10-6-2-3-7-11-25)26(15)13-17-9-5-4-8-16(17)12-23/h4-5,8-9,14H,1-3,6-7,10-11,13H2. The van der Waals surface area contributed by atoms with Crippen molar-refractivity contribution >= 4 is 44.6 Å². The van der Waals surface area contributed by atoms with Gasteiger partial charge in [-0.3, -0.25) is 0 Å². The molecule has 2 aliphatic heterocycles. The summed E-state index contributed by atoms with van der Waals surface area (Å²) < 4.78 is 1.02. The van der Waals surface area contributed by atoms with Crippen LogP contribution in [0.5, 0.6) is 0 Å². The van der Waals surface area contributed by atoms with Crippen LogP contribution in [-0.2, 0) is 6.54 Å². The maximum Gasteiger partial charge on any atom is 0.206 e. The van der Waals surface area contributed by atoms with E-state index in [1.54, 1.807) is 11.3 Å². The van der Waals surface area contributed by atoms with Crippen molar-refractivity contribution < 1.29 is 0 Å². The lowest BCUT2D eigenvalue weighted by atomic mass is 10.1. The van der Waals surface area contributed by atoms with Crippen LogP contribution in [0, 0.1) is 11.3 Å². The van der Waals surface area contributed by atoms with E-state index in [4.69, 9.17) is 4.99 Å². The molecule has 0 saturated carbocycles. The fraction of sp³-hybridized carbons (Fsp3) is 0.333. The van der Waals surface area contributed by atoms with Crippen molar-refractivity contribution in [2.24, 2.45) is 4.99 Å². The molecular formula is C21H21BrN4S. The zero-order chi connectivity index (χ0) is 18.8. The van der Waals surface area contributed by atoms with Gasteiger partial charge in [0.2, 0.25) is 5.96 Å². The maximum atomic E-state index is 9.49. The molecule has 1 aromatic carbocycles. The molecule has 0 bridgehead atoms. The SMILES string of the molecule is C=C1c2scc(Br)c2N=C(N2CCCCCC2)N1Cc1ccccc1C#N. The highest BCUT2D eigenvalue weighted by molar-refractivity contribution is 9.10. The van der Waals surface area contributed by atoms with Crippen molar-refractivity contribution in [2.75, 3.05) is 13.1 Å². The molecule has 0 atom stereocenters. The quantitative estimate of drug-likeness (QED) is 0.598. The molecule has 1 aromatic heterocycles. The number of guanidine groups is 1. The molecule has 0 spiro atoms. The number of hydrogen-bond acceptors (Lipinski definition) is 5. The molecule has 0 N–H and O–H groups in total. The number of rotatable bonds is 2. The molecule has 4 rings (SSSR count). The van der Waals surface area contributed by atoms with Crippen LogP contribution in [0.15, 0.2) is 45.7 Å². The Morgan fingerprint density at radius 2 is 1.93 bits per heavy atom. The Hall–Kier alpha value is -2.10. The summed E-state index contributed by atoms with van der Waals surface area (Å²) in [6, 6.07) is 10.1. The average Bonchev–Trinajstić information content (AvgIpc) is 2.89. The van der Waals surface area contributed by atoms with Crippen LogP contribution in [0.25, 0.3) is 5.70 Å². The topological polar surface area (TPSA) is 42.6 Å². The molecule has 0 unspecified atom stereocenters. The van der Waals surface area contributed by atoms with Crippen molar-refractivity contribution in [2.45, 2.75) is 32.2 Å². The van der Waals surface area contributed by atoms with Crippen LogP contribution in [0.3, 0.4) is 0 Å². The minimum Gasteiger partial charge on any atom is -0.342 e. The molecule has 1 saturated heterocycles. The highest BCUT2D eigenvalue weighted by Crippen LogP contribution is 2.44. The number of nitrogens with zero attached hydrogens (tertiary/aromatic N) is 4. The zero-order valence-electron chi connectivity index (χ0n) is 15.1. The summed E-state index contributed by atoms with van der Waals surface area (Å²) in [7, 11) is 0. The first kappa shape index (κ1) is 18.3. The third-order valence-corrected chi connectivity index (χ3v) is 7.04. The minimum absolute atomic E-state index is 0.604. The van der Waals surface area contributed by atoms with Crippen molar-refractivity contribution in [3.63, 3.8) is 0 Å². The third-order valence-electron chi connectivity index (χ3n) is 5.12. The van der Waals surface area contributed by atoms with Gasteiger partial charge < -0.3 is 9.80 Å². The van der Waals surface area contributed by atoms with Crippen molar-refractivity contribution in [3.8, 4) is 6.07 Å². The zero-order valence-corrected chi connectivity index (χ0v) is 17.5. The first-order chi connectivity index (χ1) is 13.2. The fourth-order valence-corrected chi connectivity index (χ4v) is 5.20. The molecule has 2 aliphatic rings. The fourth-order valence-electron chi connectivity index (χ4n) is 3.66. The average molecular weight is 441 g/mol. The second-order valence-corrected chi connectivity index (χ2v) is 8.61. The normalized spacial score (nSPS) is 17.2. The number of likely N-dealkylation sites (tertiary alicyclic amines) is 1. The van der Waals surface area contributed by atoms with E-state index < -0.39 is 0 Å². The predicted octanol–water partition coefficient (Wildman–Crippen LogP) is 5.73. The molecule has 6 heteroatoms. The summed E-state index contributed by atoms with van der Waals surface area (Å²) in [4.78, 5) is 10.7. The lowest BCUT2D eigenvalue weighted by molar-refractivity contribution is 0.371. The minimum atomic E-state index is 0.604. The highest BCUT2D eigenvalue weighted by atomic mass is 79.9. The number of nitriles is 1. The second kappa shape index (κ2) is 7.87. The van der Waals surface area contributed by atoms with E-state index >= 15 is 0 Å². The van der Waals surface area contributed by atoms with Gasteiger partial charge in [0.1, 0.15) is 5.69 Å². The Balaban J connectivity index is 1.75. The molecule has 3 heterocycles. The Morgan fingerprint density at radius 3 is 2.67 bits per heavy atom. The van der Waals surface area contributed by atoms with E-state index in [0.717, 1.165) is 45.3 Å². The first-order valence-corrected chi connectivity index (χ1v) is 10.9. The largest absolute Gasteiger partial charge is 0.342 e. The van der Waals surface area contributed by atoms with Crippen LogP contribution in [0.2, 0.25) is 0 Å². The Labute approximate surface area is 172 Å².